The maximum atomic E-state index is 5.89. The van der Waals surface area contributed by atoms with E-state index in [1.807, 2.05) is 30.5 Å². The molecule has 0 bridgehead atoms. The van der Waals surface area contributed by atoms with Crippen molar-refractivity contribution in [2.75, 3.05) is 5.73 Å². The highest BCUT2D eigenvalue weighted by molar-refractivity contribution is 5.70. The molecular weight excluding hydrogens is 288 g/mol. The van der Waals surface area contributed by atoms with Gasteiger partial charge in [0.1, 0.15) is 0 Å². The fourth-order valence-corrected chi connectivity index (χ4v) is 2.37. The summed E-state index contributed by atoms with van der Waals surface area (Å²) in [6.45, 7) is 3.74. The molecule has 0 aliphatic carbocycles. The average molecular weight is 304 g/mol. The molecule has 3 heterocycles. The van der Waals surface area contributed by atoms with Gasteiger partial charge in [0.2, 0.25) is 5.95 Å². The molecule has 5 N–H and O–H groups in total. The number of nitrogens with one attached hydrogen (secondary N) is 1. The molecule has 0 unspecified atom stereocenters. The molecule has 0 atom stereocenters. The van der Waals surface area contributed by atoms with Crippen LogP contribution < -0.4 is 22.0 Å². The highest BCUT2D eigenvalue weighted by Gasteiger charge is 2.09. The van der Waals surface area contributed by atoms with Gasteiger partial charge in [-0.15, -0.1) is 0 Å². The molecule has 0 amide bonds. The number of nitrogen functional groups attached to an aromatic ring is 1. The largest absolute Gasteiger partial charge is 0.403 e. The van der Waals surface area contributed by atoms with Crippen LogP contribution in [0.5, 0.6) is 0 Å². The van der Waals surface area contributed by atoms with Crippen LogP contribution in [0.1, 0.15) is 0 Å². The number of nitrogens with zero attached hydrogens (tertiary/aromatic N) is 3. The third-order valence-corrected chi connectivity index (χ3v) is 3.40. The number of allylic oxidation sites excluding steroid dienone is 1. The van der Waals surface area contributed by atoms with E-state index < -0.39 is 0 Å². The number of aromatic nitrogens is 4. The number of anilines is 1. The third-order valence-electron chi connectivity index (χ3n) is 3.40. The summed E-state index contributed by atoms with van der Waals surface area (Å²) in [4.78, 5) is 15.8. The van der Waals surface area contributed by atoms with Gasteiger partial charge in [0.25, 0.3) is 0 Å². The van der Waals surface area contributed by atoms with Crippen molar-refractivity contribution in [3.05, 3.63) is 60.0 Å². The van der Waals surface area contributed by atoms with Gasteiger partial charge in [-0.05, 0) is 18.2 Å². The van der Waals surface area contributed by atoms with Crippen LogP contribution >= 0.6 is 0 Å². The molecular formula is C17H16N6. The van der Waals surface area contributed by atoms with Crippen molar-refractivity contribution >= 4 is 18.2 Å². The number of nitrogens with two attached hydrogens (primary N) is 2. The molecule has 114 valence electrons. The van der Waals surface area contributed by atoms with E-state index in [9.17, 15) is 0 Å². The number of aromatic amines is 1. The average Bonchev–Trinajstić information content (AvgIpc) is 2.98. The molecule has 0 saturated carbocycles. The Morgan fingerprint density at radius 1 is 1.13 bits per heavy atom. The number of H-pyrrole nitrogens is 1. The second kappa shape index (κ2) is 6.15. The Balaban J connectivity index is 2.23. The Labute approximate surface area is 132 Å². The molecule has 0 aromatic carbocycles. The lowest BCUT2D eigenvalue weighted by Crippen LogP contribution is -2.25. The van der Waals surface area contributed by atoms with E-state index in [0.717, 1.165) is 27.4 Å². The second-order valence-corrected chi connectivity index (χ2v) is 4.83. The van der Waals surface area contributed by atoms with Crippen LogP contribution in [0.4, 0.5) is 5.95 Å². The zero-order chi connectivity index (χ0) is 16.2. The molecule has 3 aromatic rings. The Morgan fingerprint density at radius 3 is 2.57 bits per heavy atom. The van der Waals surface area contributed by atoms with Crippen molar-refractivity contribution in [3.8, 4) is 22.5 Å². The Bertz CT molecular complexity index is 956. The monoisotopic (exact) mass is 304 g/mol. The highest BCUT2D eigenvalue weighted by atomic mass is 15.0. The first-order valence-electron chi connectivity index (χ1n) is 7.00. The van der Waals surface area contributed by atoms with Gasteiger partial charge in [0.05, 0.1) is 16.7 Å². The summed E-state index contributed by atoms with van der Waals surface area (Å²) in [5.74, 6) is 0.207. The van der Waals surface area contributed by atoms with Gasteiger partial charge in [0.15, 0.2) is 0 Å². The summed E-state index contributed by atoms with van der Waals surface area (Å²) in [5.41, 5.74) is 14.8. The van der Waals surface area contributed by atoms with E-state index in [1.165, 1.54) is 6.20 Å². The minimum atomic E-state index is 0.207. The van der Waals surface area contributed by atoms with Crippen LogP contribution in [0.3, 0.4) is 0 Å². The van der Waals surface area contributed by atoms with Crippen LogP contribution in [-0.4, -0.2) is 19.9 Å². The lowest BCUT2D eigenvalue weighted by atomic mass is 10.1. The summed E-state index contributed by atoms with van der Waals surface area (Å²) in [6.07, 6.45) is 10.3. The fourth-order valence-electron chi connectivity index (χ4n) is 2.37. The van der Waals surface area contributed by atoms with E-state index in [0.29, 0.717) is 5.69 Å². The van der Waals surface area contributed by atoms with Crippen molar-refractivity contribution < 1.29 is 0 Å². The molecule has 0 spiro atoms. The van der Waals surface area contributed by atoms with Crippen LogP contribution in [0.2, 0.25) is 0 Å². The number of hydrogen-bond donors (Lipinski definition) is 3. The minimum absolute atomic E-state index is 0.207. The summed E-state index contributed by atoms with van der Waals surface area (Å²) in [6, 6.07) is 5.63. The normalized spacial score (nSPS) is 12.5. The third kappa shape index (κ3) is 2.82. The van der Waals surface area contributed by atoms with E-state index >= 15 is 0 Å². The van der Waals surface area contributed by atoms with Crippen molar-refractivity contribution in [1.29, 1.82) is 0 Å². The van der Waals surface area contributed by atoms with Gasteiger partial charge in [0, 0.05) is 41.1 Å². The maximum absolute atomic E-state index is 5.89. The summed E-state index contributed by atoms with van der Waals surface area (Å²) >= 11 is 0. The first kappa shape index (κ1) is 14.5. The lowest BCUT2D eigenvalue weighted by molar-refractivity contribution is 1.19. The molecule has 0 fully saturated rings. The molecule has 0 radical (unpaired) electrons. The Kier molecular flexibility index (Phi) is 3.88. The highest BCUT2D eigenvalue weighted by Crippen LogP contribution is 2.21. The minimum Gasteiger partial charge on any atom is -0.403 e. The molecule has 3 aromatic heterocycles. The van der Waals surface area contributed by atoms with Gasteiger partial charge < -0.3 is 16.5 Å². The number of rotatable bonds is 3. The van der Waals surface area contributed by atoms with Crippen LogP contribution in [0.25, 0.3) is 34.8 Å². The van der Waals surface area contributed by atoms with Crippen LogP contribution in [0, 0.1) is 0 Å². The summed E-state index contributed by atoms with van der Waals surface area (Å²) in [5, 5.41) is 1.70. The molecule has 0 aliphatic heterocycles. The van der Waals surface area contributed by atoms with E-state index in [1.54, 1.807) is 18.5 Å². The first-order valence-corrected chi connectivity index (χ1v) is 7.00. The van der Waals surface area contributed by atoms with Crippen molar-refractivity contribution in [2.24, 2.45) is 5.73 Å². The van der Waals surface area contributed by atoms with Crippen LogP contribution in [-0.2, 0) is 0 Å². The zero-order valence-corrected chi connectivity index (χ0v) is 12.4. The van der Waals surface area contributed by atoms with E-state index in [2.05, 4.69) is 26.5 Å². The molecule has 0 saturated heterocycles. The smallest absolute Gasteiger partial charge is 0.221 e. The SMILES string of the molecule is C=C/C=c1/c(-c2cc(-c3ccncc3)nc(N)n2)c[nH]/c1=C/N. The van der Waals surface area contributed by atoms with Gasteiger partial charge >= 0.3 is 0 Å². The van der Waals surface area contributed by atoms with E-state index in [4.69, 9.17) is 11.5 Å². The Morgan fingerprint density at radius 2 is 1.87 bits per heavy atom. The summed E-state index contributed by atoms with van der Waals surface area (Å²) in [7, 11) is 0. The quantitative estimate of drug-likeness (QED) is 0.663. The van der Waals surface area contributed by atoms with Crippen molar-refractivity contribution in [1.82, 2.24) is 19.9 Å². The summed E-state index contributed by atoms with van der Waals surface area (Å²) < 4.78 is 0. The van der Waals surface area contributed by atoms with E-state index in [-0.39, 0.29) is 5.95 Å². The molecule has 3 rings (SSSR count). The molecule has 6 heteroatoms. The van der Waals surface area contributed by atoms with Crippen LogP contribution in [0.15, 0.2) is 49.4 Å². The second-order valence-electron chi connectivity index (χ2n) is 4.83. The molecule has 0 aliphatic rings. The predicted molar refractivity (Wildman–Crippen MR) is 92.0 cm³/mol. The predicted octanol–water partition coefficient (Wildman–Crippen LogP) is 0.779. The molecule has 23 heavy (non-hydrogen) atoms. The first-order chi connectivity index (χ1) is 11.2. The van der Waals surface area contributed by atoms with Crippen molar-refractivity contribution in [3.63, 3.8) is 0 Å². The standard InChI is InChI=1S/C17H16N6/c1-2-3-12-13(10-21-16(12)9-18)15-8-14(22-17(19)23-15)11-4-6-20-7-5-11/h2-10,21H,1,18H2,(H2,19,22,23)/b12-3-,16-9+. The molecule has 6 nitrogen and oxygen atoms in total. The van der Waals surface area contributed by atoms with Gasteiger partial charge in [-0.25, -0.2) is 9.97 Å². The zero-order valence-electron chi connectivity index (χ0n) is 12.4. The topological polar surface area (TPSA) is 106 Å². The Hall–Kier alpha value is -3.41. The number of hydrogen-bond acceptors (Lipinski definition) is 5. The van der Waals surface area contributed by atoms with Crippen molar-refractivity contribution in [2.45, 2.75) is 0 Å². The van der Waals surface area contributed by atoms with Gasteiger partial charge in [-0.1, -0.05) is 18.7 Å². The number of pyridine rings is 1. The lowest BCUT2D eigenvalue weighted by Gasteiger charge is -2.05. The fraction of sp³-hybridized carbons (Fsp3) is 0. The maximum Gasteiger partial charge on any atom is 0.221 e. The van der Waals surface area contributed by atoms with Gasteiger partial charge in [-0.3, -0.25) is 4.98 Å². The van der Waals surface area contributed by atoms with Gasteiger partial charge in [-0.2, -0.15) is 0 Å².